The fraction of sp³-hybridized carbons (Fsp3) is 0.800. The minimum Gasteiger partial charge on any atom is -0.481 e. The summed E-state index contributed by atoms with van der Waals surface area (Å²) >= 11 is 0. The van der Waals surface area contributed by atoms with Gasteiger partial charge in [-0.2, -0.15) is 0 Å². The SMILES string of the molecule is CC1=C2C[C@H](C(C)C(=O)O)CC[C@@]2(C)CCC1. The number of hydrogen-bond acceptors (Lipinski definition) is 1. The summed E-state index contributed by atoms with van der Waals surface area (Å²) in [5, 5.41) is 9.14. The van der Waals surface area contributed by atoms with E-state index in [1.807, 2.05) is 6.92 Å². The number of aliphatic carboxylic acids is 1. The number of allylic oxidation sites excluding steroid dienone is 2. The second kappa shape index (κ2) is 4.47. The maximum absolute atomic E-state index is 11.1. The molecular formula is C15H24O2. The average molecular weight is 236 g/mol. The highest BCUT2D eigenvalue weighted by atomic mass is 16.4. The molecule has 0 aliphatic heterocycles. The summed E-state index contributed by atoms with van der Waals surface area (Å²) < 4.78 is 0. The van der Waals surface area contributed by atoms with Crippen LogP contribution in [0.1, 0.15) is 59.3 Å². The lowest BCUT2D eigenvalue weighted by molar-refractivity contribution is -0.143. The molecule has 2 aliphatic carbocycles. The van der Waals surface area contributed by atoms with Crippen molar-refractivity contribution in [1.29, 1.82) is 0 Å². The van der Waals surface area contributed by atoms with Crippen molar-refractivity contribution in [1.82, 2.24) is 0 Å². The molecule has 0 heterocycles. The van der Waals surface area contributed by atoms with Crippen molar-refractivity contribution in [3.05, 3.63) is 11.1 Å². The van der Waals surface area contributed by atoms with Gasteiger partial charge in [-0.15, -0.1) is 0 Å². The highest BCUT2D eigenvalue weighted by Gasteiger charge is 2.40. The molecule has 3 atom stereocenters. The molecule has 0 aromatic rings. The molecule has 0 saturated heterocycles. The maximum Gasteiger partial charge on any atom is 0.306 e. The smallest absolute Gasteiger partial charge is 0.306 e. The van der Waals surface area contributed by atoms with E-state index < -0.39 is 5.97 Å². The van der Waals surface area contributed by atoms with Gasteiger partial charge in [-0.25, -0.2) is 0 Å². The Balaban J connectivity index is 2.19. The number of carboxylic acids is 1. The van der Waals surface area contributed by atoms with Crippen LogP contribution in [0.2, 0.25) is 0 Å². The van der Waals surface area contributed by atoms with Crippen molar-refractivity contribution in [2.75, 3.05) is 0 Å². The predicted octanol–water partition coefficient (Wildman–Crippen LogP) is 4.01. The second-order valence-electron chi connectivity index (χ2n) is 6.30. The minimum absolute atomic E-state index is 0.193. The summed E-state index contributed by atoms with van der Waals surface area (Å²) in [4.78, 5) is 11.1. The van der Waals surface area contributed by atoms with Crippen molar-refractivity contribution < 1.29 is 9.90 Å². The molecule has 0 spiro atoms. The fourth-order valence-corrected chi connectivity index (χ4v) is 3.75. The second-order valence-corrected chi connectivity index (χ2v) is 6.30. The van der Waals surface area contributed by atoms with Crippen molar-refractivity contribution >= 4 is 5.97 Å². The molecule has 0 aromatic carbocycles. The Labute approximate surface area is 104 Å². The topological polar surface area (TPSA) is 37.3 Å². The Hall–Kier alpha value is -0.790. The summed E-state index contributed by atoms with van der Waals surface area (Å²) in [5.41, 5.74) is 3.52. The van der Waals surface area contributed by atoms with Crippen LogP contribution >= 0.6 is 0 Å². The van der Waals surface area contributed by atoms with Crippen LogP contribution in [-0.2, 0) is 4.79 Å². The third-order valence-corrected chi connectivity index (χ3v) is 5.15. The maximum atomic E-state index is 11.1. The van der Waals surface area contributed by atoms with Gasteiger partial charge in [0.1, 0.15) is 0 Å². The molecule has 17 heavy (non-hydrogen) atoms. The van der Waals surface area contributed by atoms with E-state index in [0.717, 1.165) is 12.8 Å². The van der Waals surface area contributed by atoms with Crippen LogP contribution in [0.3, 0.4) is 0 Å². The molecule has 0 amide bonds. The van der Waals surface area contributed by atoms with Gasteiger partial charge in [0.2, 0.25) is 0 Å². The molecule has 2 rings (SSSR count). The first-order valence-corrected chi connectivity index (χ1v) is 6.86. The third kappa shape index (κ3) is 2.27. The normalized spacial score (nSPS) is 35.4. The van der Waals surface area contributed by atoms with Gasteiger partial charge in [-0.05, 0) is 56.8 Å². The highest BCUT2D eigenvalue weighted by molar-refractivity contribution is 5.70. The zero-order valence-corrected chi connectivity index (χ0v) is 11.3. The lowest BCUT2D eigenvalue weighted by atomic mass is 9.60. The molecule has 1 saturated carbocycles. The Morgan fingerprint density at radius 1 is 1.47 bits per heavy atom. The zero-order chi connectivity index (χ0) is 12.6. The standard InChI is InChI=1S/C15H24O2/c1-10-5-4-7-15(3)8-6-12(9-13(10)15)11(2)14(16)17/h11-12H,4-9H2,1-3H3,(H,16,17)/t11?,12-,15-/m1/s1. The Kier molecular flexibility index (Phi) is 3.33. The summed E-state index contributed by atoms with van der Waals surface area (Å²) in [6, 6.07) is 0. The molecule has 96 valence electrons. The van der Waals surface area contributed by atoms with Crippen molar-refractivity contribution in [3.63, 3.8) is 0 Å². The monoisotopic (exact) mass is 236 g/mol. The minimum atomic E-state index is -0.632. The number of rotatable bonds is 2. The van der Waals surface area contributed by atoms with E-state index in [1.165, 1.54) is 25.7 Å². The summed E-state index contributed by atoms with van der Waals surface area (Å²) in [6.07, 6.45) is 7.12. The molecule has 1 N–H and O–H groups in total. The number of hydrogen-bond donors (Lipinski definition) is 1. The first kappa shape index (κ1) is 12.7. The lowest BCUT2D eigenvalue weighted by Gasteiger charge is -2.45. The molecule has 1 fully saturated rings. The summed E-state index contributed by atoms with van der Waals surface area (Å²) in [5.74, 6) is -0.474. The number of carboxylic acid groups (broad SMARTS) is 1. The average Bonchev–Trinajstić information content (AvgIpc) is 2.27. The van der Waals surface area contributed by atoms with Gasteiger partial charge in [-0.1, -0.05) is 25.0 Å². The molecule has 1 unspecified atom stereocenters. The van der Waals surface area contributed by atoms with Crippen LogP contribution in [0, 0.1) is 17.3 Å². The van der Waals surface area contributed by atoms with E-state index in [9.17, 15) is 4.79 Å². The van der Waals surface area contributed by atoms with E-state index in [4.69, 9.17) is 5.11 Å². The molecule has 0 radical (unpaired) electrons. The van der Waals surface area contributed by atoms with Crippen LogP contribution in [0.15, 0.2) is 11.1 Å². The Morgan fingerprint density at radius 2 is 2.18 bits per heavy atom. The van der Waals surface area contributed by atoms with E-state index in [0.29, 0.717) is 11.3 Å². The largest absolute Gasteiger partial charge is 0.481 e. The van der Waals surface area contributed by atoms with E-state index >= 15 is 0 Å². The summed E-state index contributed by atoms with van der Waals surface area (Å²) in [6.45, 7) is 6.50. The van der Waals surface area contributed by atoms with E-state index in [1.54, 1.807) is 11.1 Å². The molecule has 2 heteroatoms. The van der Waals surface area contributed by atoms with Gasteiger partial charge < -0.3 is 5.11 Å². The molecule has 2 aliphatic rings. The Bertz CT molecular complexity index is 356. The van der Waals surface area contributed by atoms with Crippen LogP contribution < -0.4 is 0 Å². The first-order valence-electron chi connectivity index (χ1n) is 6.86. The lowest BCUT2D eigenvalue weighted by Crippen LogP contribution is -2.34. The first-order chi connectivity index (χ1) is 7.94. The quantitative estimate of drug-likeness (QED) is 0.735. The zero-order valence-electron chi connectivity index (χ0n) is 11.3. The van der Waals surface area contributed by atoms with Crippen molar-refractivity contribution in [3.8, 4) is 0 Å². The van der Waals surface area contributed by atoms with Gasteiger partial charge in [-0.3, -0.25) is 4.79 Å². The predicted molar refractivity (Wildman–Crippen MR) is 68.8 cm³/mol. The molecular weight excluding hydrogens is 212 g/mol. The summed E-state index contributed by atoms with van der Waals surface area (Å²) in [7, 11) is 0. The molecule has 2 nitrogen and oxygen atoms in total. The van der Waals surface area contributed by atoms with E-state index in [2.05, 4.69) is 13.8 Å². The number of fused-ring (bicyclic) bond motifs is 1. The molecule has 0 bridgehead atoms. The number of carbonyl (C=O) groups is 1. The highest BCUT2D eigenvalue weighted by Crippen LogP contribution is 2.52. The van der Waals surface area contributed by atoms with Crippen molar-refractivity contribution in [2.45, 2.75) is 59.3 Å². The van der Waals surface area contributed by atoms with Gasteiger partial charge in [0, 0.05) is 0 Å². The third-order valence-electron chi connectivity index (χ3n) is 5.15. The Morgan fingerprint density at radius 3 is 2.82 bits per heavy atom. The van der Waals surface area contributed by atoms with Gasteiger partial charge in [0.25, 0.3) is 0 Å². The van der Waals surface area contributed by atoms with Crippen LogP contribution in [0.4, 0.5) is 0 Å². The fourth-order valence-electron chi connectivity index (χ4n) is 3.75. The van der Waals surface area contributed by atoms with Gasteiger partial charge >= 0.3 is 5.97 Å². The van der Waals surface area contributed by atoms with Crippen LogP contribution in [-0.4, -0.2) is 11.1 Å². The van der Waals surface area contributed by atoms with Gasteiger partial charge in [0.15, 0.2) is 0 Å². The van der Waals surface area contributed by atoms with E-state index in [-0.39, 0.29) is 5.92 Å². The van der Waals surface area contributed by atoms with Crippen LogP contribution in [0.25, 0.3) is 0 Å². The van der Waals surface area contributed by atoms with Gasteiger partial charge in [0.05, 0.1) is 5.92 Å². The van der Waals surface area contributed by atoms with Crippen molar-refractivity contribution in [2.24, 2.45) is 17.3 Å². The molecule has 0 aromatic heterocycles. The van der Waals surface area contributed by atoms with Crippen LogP contribution in [0.5, 0.6) is 0 Å².